The molecule has 1 aliphatic rings. The van der Waals surface area contributed by atoms with Gasteiger partial charge in [-0.1, -0.05) is 0 Å². The van der Waals surface area contributed by atoms with E-state index in [0.29, 0.717) is 18.8 Å². The van der Waals surface area contributed by atoms with Crippen LogP contribution in [0.5, 0.6) is 0 Å². The fraction of sp³-hybridized carbons (Fsp3) is 0.250. The van der Waals surface area contributed by atoms with Crippen LogP contribution in [0.1, 0.15) is 6.42 Å². The lowest BCUT2D eigenvalue weighted by molar-refractivity contribution is -0.139. The smallest absolute Gasteiger partial charge is 0.321 e. The van der Waals surface area contributed by atoms with Gasteiger partial charge in [-0.25, -0.2) is 4.79 Å². The van der Waals surface area contributed by atoms with Crippen LogP contribution in [0.3, 0.4) is 0 Å². The Hall–Kier alpha value is -2.57. The number of carboxylic acid groups (broad SMARTS) is 1. The number of rotatable bonds is 4. The van der Waals surface area contributed by atoms with E-state index < -0.39 is 18.3 Å². The Morgan fingerprint density at radius 1 is 1.32 bits per heavy atom. The first kappa shape index (κ1) is 12.9. The van der Waals surface area contributed by atoms with Crippen LogP contribution in [0.4, 0.5) is 16.2 Å². The Labute approximate surface area is 109 Å². The first-order chi connectivity index (χ1) is 9.06. The van der Waals surface area contributed by atoms with Gasteiger partial charge >= 0.3 is 12.0 Å². The number of urea groups is 1. The summed E-state index contributed by atoms with van der Waals surface area (Å²) in [6, 6.07) is 6.49. The maximum Gasteiger partial charge on any atom is 0.321 e. The molecule has 0 bridgehead atoms. The zero-order chi connectivity index (χ0) is 13.8. The summed E-state index contributed by atoms with van der Waals surface area (Å²) in [5.74, 6) is -1.76. The Bertz CT molecular complexity index is 512. The van der Waals surface area contributed by atoms with Crippen LogP contribution < -0.4 is 15.5 Å². The molecule has 1 aromatic rings. The number of nitrogens with zero attached hydrogens (tertiary/aromatic N) is 1. The summed E-state index contributed by atoms with van der Waals surface area (Å²) >= 11 is 0. The number of hydrogen-bond acceptors (Lipinski definition) is 3. The fourth-order valence-corrected chi connectivity index (χ4v) is 1.79. The molecular formula is C12H13N3O4. The Balaban J connectivity index is 2.00. The summed E-state index contributed by atoms with van der Waals surface area (Å²) in [6.07, 6.45) is -0.573. The molecule has 0 atom stereocenters. The largest absolute Gasteiger partial charge is 0.481 e. The average molecular weight is 263 g/mol. The van der Waals surface area contributed by atoms with E-state index in [4.69, 9.17) is 5.11 Å². The Morgan fingerprint density at radius 3 is 2.53 bits per heavy atom. The Morgan fingerprint density at radius 2 is 2.00 bits per heavy atom. The summed E-state index contributed by atoms with van der Waals surface area (Å²) < 4.78 is 0. The van der Waals surface area contributed by atoms with Gasteiger partial charge in [-0.15, -0.1) is 0 Å². The van der Waals surface area contributed by atoms with Gasteiger partial charge in [0.25, 0.3) is 0 Å². The van der Waals surface area contributed by atoms with Crippen molar-refractivity contribution in [3.8, 4) is 0 Å². The van der Waals surface area contributed by atoms with Gasteiger partial charge in [-0.3, -0.25) is 14.5 Å². The molecule has 7 nitrogen and oxygen atoms in total. The van der Waals surface area contributed by atoms with Gasteiger partial charge in [0.15, 0.2) is 0 Å². The molecule has 0 unspecified atom stereocenters. The predicted octanol–water partition coefficient (Wildman–Crippen LogP) is 0.629. The molecule has 1 heterocycles. The van der Waals surface area contributed by atoms with Crippen molar-refractivity contribution in [2.45, 2.75) is 6.42 Å². The highest BCUT2D eigenvalue weighted by Crippen LogP contribution is 2.19. The van der Waals surface area contributed by atoms with Crippen LogP contribution in [-0.2, 0) is 9.59 Å². The normalized spacial score (nSPS) is 14.1. The average Bonchev–Trinajstić information content (AvgIpc) is 2.75. The lowest BCUT2D eigenvalue weighted by Gasteiger charge is -2.14. The molecule has 0 aromatic heterocycles. The van der Waals surface area contributed by atoms with E-state index >= 15 is 0 Å². The number of hydrogen-bond donors (Lipinski definition) is 3. The van der Waals surface area contributed by atoms with E-state index in [-0.39, 0.29) is 6.03 Å². The molecule has 3 N–H and O–H groups in total. The van der Waals surface area contributed by atoms with Gasteiger partial charge < -0.3 is 15.7 Å². The molecule has 1 saturated heterocycles. The van der Waals surface area contributed by atoms with Crippen LogP contribution in [-0.4, -0.2) is 36.1 Å². The van der Waals surface area contributed by atoms with Gasteiger partial charge in [-0.2, -0.15) is 0 Å². The van der Waals surface area contributed by atoms with E-state index in [1.165, 1.54) is 0 Å². The fourth-order valence-electron chi connectivity index (χ4n) is 1.79. The van der Waals surface area contributed by atoms with Crippen molar-refractivity contribution in [2.24, 2.45) is 0 Å². The molecule has 1 aliphatic heterocycles. The number of amides is 3. The third kappa shape index (κ3) is 3.21. The van der Waals surface area contributed by atoms with Crippen LogP contribution in [0.15, 0.2) is 24.3 Å². The number of benzene rings is 1. The van der Waals surface area contributed by atoms with E-state index in [1.807, 2.05) is 0 Å². The third-order valence-corrected chi connectivity index (χ3v) is 2.63. The van der Waals surface area contributed by atoms with Crippen molar-refractivity contribution in [2.75, 3.05) is 23.3 Å². The second kappa shape index (κ2) is 5.38. The third-order valence-electron chi connectivity index (χ3n) is 2.63. The molecule has 3 amide bonds. The maximum atomic E-state index is 11.4. The zero-order valence-corrected chi connectivity index (χ0v) is 10.0. The minimum Gasteiger partial charge on any atom is -0.481 e. The highest BCUT2D eigenvalue weighted by atomic mass is 16.4. The molecule has 0 radical (unpaired) electrons. The molecular weight excluding hydrogens is 250 g/mol. The molecule has 2 rings (SSSR count). The number of anilines is 2. The second-order valence-corrected chi connectivity index (χ2v) is 4.05. The molecule has 0 saturated carbocycles. The minimum absolute atomic E-state index is 0.150. The monoisotopic (exact) mass is 263 g/mol. The molecule has 0 aliphatic carbocycles. The SMILES string of the molecule is O=C(O)CC(=O)Nc1ccc(N2CCNC2=O)cc1. The molecule has 0 spiro atoms. The van der Waals surface area contributed by atoms with Crippen molar-refractivity contribution in [1.82, 2.24) is 5.32 Å². The number of aliphatic carboxylic acids is 1. The summed E-state index contributed by atoms with van der Waals surface area (Å²) in [5, 5.41) is 13.6. The number of carboxylic acids is 1. The lowest BCUT2D eigenvalue weighted by Crippen LogP contribution is -2.27. The van der Waals surface area contributed by atoms with Crippen molar-refractivity contribution in [3.63, 3.8) is 0 Å². The van der Waals surface area contributed by atoms with E-state index in [2.05, 4.69) is 10.6 Å². The van der Waals surface area contributed by atoms with Gasteiger partial charge in [0.1, 0.15) is 6.42 Å². The molecule has 19 heavy (non-hydrogen) atoms. The highest BCUT2D eigenvalue weighted by molar-refractivity contribution is 6.01. The minimum atomic E-state index is -1.18. The van der Waals surface area contributed by atoms with Crippen LogP contribution in [0.25, 0.3) is 0 Å². The quantitative estimate of drug-likeness (QED) is 0.694. The van der Waals surface area contributed by atoms with E-state index in [9.17, 15) is 14.4 Å². The van der Waals surface area contributed by atoms with Crippen LogP contribution in [0.2, 0.25) is 0 Å². The zero-order valence-electron chi connectivity index (χ0n) is 10.0. The summed E-state index contributed by atoms with van der Waals surface area (Å²) in [4.78, 5) is 34.6. The van der Waals surface area contributed by atoms with Crippen molar-refractivity contribution in [3.05, 3.63) is 24.3 Å². The lowest BCUT2D eigenvalue weighted by atomic mass is 10.2. The van der Waals surface area contributed by atoms with Crippen molar-refractivity contribution < 1.29 is 19.5 Å². The summed E-state index contributed by atoms with van der Waals surface area (Å²) in [7, 11) is 0. The molecule has 7 heteroatoms. The van der Waals surface area contributed by atoms with Crippen molar-refractivity contribution in [1.29, 1.82) is 0 Å². The van der Waals surface area contributed by atoms with E-state index in [0.717, 1.165) is 5.69 Å². The Kier molecular flexibility index (Phi) is 3.65. The first-order valence-corrected chi connectivity index (χ1v) is 5.73. The number of carbonyl (C=O) groups is 3. The number of nitrogens with one attached hydrogen (secondary N) is 2. The molecule has 100 valence electrons. The highest BCUT2D eigenvalue weighted by Gasteiger charge is 2.20. The molecule has 1 fully saturated rings. The van der Waals surface area contributed by atoms with Gasteiger partial charge in [0.2, 0.25) is 5.91 Å². The maximum absolute atomic E-state index is 11.4. The standard InChI is InChI=1S/C12H13N3O4/c16-10(7-11(17)18)14-8-1-3-9(4-2-8)15-6-5-13-12(15)19/h1-4H,5-7H2,(H,13,19)(H,14,16)(H,17,18). The second-order valence-electron chi connectivity index (χ2n) is 4.05. The molecule has 1 aromatic carbocycles. The first-order valence-electron chi connectivity index (χ1n) is 5.73. The summed E-state index contributed by atoms with van der Waals surface area (Å²) in [5.41, 5.74) is 1.22. The van der Waals surface area contributed by atoms with Gasteiger partial charge in [-0.05, 0) is 24.3 Å². The van der Waals surface area contributed by atoms with Crippen molar-refractivity contribution >= 4 is 29.3 Å². The van der Waals surface area contributed by atoms with Gasteiger partial charge in [0.05, 0.1) is 0 Å². The summed E-state index contributed by atoms with van der Waals surface area (Å²) in [6.45, 7) is 1.21. The van der Waals surface area contributed by atoms with Crippen LogP contribution in [0, 0.1) is 0 Å². The van der Waals surface area contributed by atoms with E-state index in [1.54, 1.807) is 29.2 Å². The van der Waals surface area contributed by atoms with Gasteiger partial charge in [0, 0.05) is 24.5 Å². The number of carbonyl (C=O) groups excluding carboxylic acids is 2. The topological polar surface area (TPSA) is 98.7 Å². The predicted molar refractivity (Wildman–Crippen MR) is 68.1 cm³/mol. The van der Waals surface area contributed by atoms with Crippen LogP contribution >= 0.6 is 0 Å².